The van der Waals surface area contributed by atoms with Crippen LogP contribution in [0.5, 0.6) is 5.75 Å². The summed E-state index contributed by atoms with van der Waals surface area (Å²) < 4.78 is 25.8. The second-order valence-corrected chi connectivity index (χ2v) is 8.61. The number of rotatable bonds is 7. The zero-order valence-corrected chi connectivity index (χ0v) is 19.7. The minimum Gasteiger partial charge on any atom is -0.482 e. The molecule has 1 aliphatic heterocycles. The summed E-state index contributed by atoms with van der Waals surface area (Å²) in [7, 11) is 0. The summed E-state index contributed by atoms with van der Waals surface area (Å²) in [5.74, 6) is -1.72. The number of aromatic nitrogens is 1. The number of aliphatic carboxylic acids is 1. The van der Waals surface area contributed by atoms with Gasteiger partial charge in [-0.2, -0.15) is 0 Å². The number of carbonyl (C=O) groups excluding carboxylic acids is 1. The van der Waals surface area contributed by atoms with Gasteiger partial charge in [-0.1, -0.05) is 35.6 Å². The minimum atomic E-state index is -1.08. The number of halogens is 1. The van der Waals surface area contributed by atoms with Crippen LogP contribution in [-0.2, 0) is 14.3 Å². The van der Waals surface area contributed by atoms with Crippen molar-refractivity contribution in [2.75, 3.05) is 13.2 Å². The van der Waals surface area contributed by atoms with Gasteiger partial charge in [0.25, 0.3) is 5.56 Å². The molecule has 0 amide bonds. The van der Waals surface area contributed by atoms with E-state index in [4.69, 9.17) is 14.6 Å². The third-order valence-electron chi connectivity index (χ3n) is 5.24. The summed E-state index contributed by atoms with van der Waals surface area (Å²) in [6, 6.07) is 11.4. The summed E-state index contributed by atoms with van der Waals surface area (Å²) in [6.45, 7) is 3.06. The monoisotopic (exact) mass is 496 g/mol. The average molecular weight is 497 g/mol. The number of esters is 1. The number of hydrogen-bond acceptors (Lipinski definition) is 7. The maximum atomic E-state index is 13.6. The normalized spacial score (nSPS) is 15.4. The van der Waals surface area contributed by atoms with Gasteiger partial charge in [0.05, 0.1) is 28.5 Å². The van der Waals surface area contributed by atoms with E-state index in [1.165, 1.54) is 40.2 Å². The predicted molar refractivity (Wildman–Crippen MR) is 126 cm³/mol. The molecular weight excluding hydrogens is 475 g/mol. The van der Waals surface area contributed by atoms with E-state index in [0.717, 1.165) is 0 Å². The lowest BCUT2D eigenvalue weighted by molar-refractivity contribution is -0.140. The lowest BCUT2D eigenvalue weighted by Gasteiger charge is -2.24. The molecule has 1 aromatic heterocycles. The average Bonchev–Trinajstić information content (AvgIpc) is 3.12. The first-order chi connectivity index (χ1) is 16.8. The first kappa shape index (κ1) is 24.1. The molecule has 180 valence electrons. The van der Waals surface area contributed by atoms with Crippen LogP contribution in [0.25, 0.3) is 6.08 Å². The van der Waals surface area contributed by atoms with Gasteiger partial charge in [-0.05, 0) is 55.3 Å². The Morgan fingerprint density at radius 2 is 1.86 bits per heavy atom. The van der Waals surface area contributed by atoms with Crippen LogP contribution in [0.15, 0.2) is 69.6 Å². The number of thiazole rings is 1. The molecule has 4 rings (SSSR count). The molecule has 0 spiro atoms. The molecule has 0 saturated carbocycles. The van der Waals surface area contributed by atoms with E-state index in [-0.39, 0.29) is 17.7 Å². The van der Waals surface area contributed by atoms with Gasteiger partial charge in [0.15, 0.2) is 11.4 Å². The molecule has 2 aromatic carbocycles. The van der Waals surface area contributed by atoms with E-state index >= 15 is 0 Å². The standard InChI is InChI=1S/C25H21FN2O6S/c1-3-33-24(32)21-14(2)27-25-28(22(21)16-6-8-17(26)9-7-16)23(31)19(35-25)12-15-4-10-18(11-5-15)34-13-20(29)30/h4-12,22H,3,13H2,1-2H3,(H,29,30)/b19-12+/t22-/m1/s1. The summed E-state index contributed by atoms with van der Waals surface area (Å²) in [4.78, 5) is 41.9. The highest BCUT2D eigenvalue weighted by Gasteiger charge is 2.33. The molecule has 0 radical (unpaired) electrons. The van der Waals surface area contributed by atoms with Crippen LogP contribution in [-0.4, -0.2) is 34.8 Å². The molecule has 0 unspecified atom stereocenters. The number of carboxylic acids is 1. The number of allylic oxidation sites excluding steroid dienone is 1. The third-order valence-corrected chi connectivity index (χ3v) is 6.23. The van der Waals surface area contributed by atoms with Crippen molar-refractivity contribution in [3.05, 3.63) is 96.4 Å². The molecule has 0 fully saturated rings. The third kappa shape index (κ3) is 5.07. The van der Waals surface area contributed by atoms with Crippen LogP contribution in [0.4, 0.5) is 4.39 Å². The number of benzene rings is 2. The number of hydrogen-bond donors (Lipinski definition) is 1. The molecule has 35 heavy (non-hydrogen) atoms. The first-order valence-corrected chi connectivity index (χ1v) is 11.5. The molecule has 2 heterocycles. The fraction of sp³-hybridized carbons (Fsp3) is 0.200. The Morgan fingerprint density at radius 1 is 1.17 bits per heavy atom. The van der Waals surface area contributed by atoms with Crippen molar-refractivity contribution >= 4 is 29.4 Å². The van der Waals surface area contributed by atoms with Crippen molar-refractivity contribution in [3.63, 3.8) is 0 Å². The van der Waals surface area contributed by atoms with Crippen molar-refractivity contribution in [3.8, 4) is 5.75 Å². The van der Waals surface area contributed by atoms with E-state index in [1.54, 1.807) is 44.2 Å². The van der Waals surface area contributed by atoms with Crippen molar-refractivity contribution in [2.45, 2.75) is 19.9 Å². The summed E-state index contributed by atoms with van der Waals surface area (Å²) in [5, 5.41) is 8.73. The largest absolute Gasteiger partial charge is 0.482 e. The Kier molecular flexibility index (Phi) is 6.92. The Labute approximate surface area is 202 Å². The second-order valence-electron chi connectivity index (χ2n) is 7.61. The maximum Gasteiger partial charge on any atom is 0.341 e. The lowest BCUT2D eigenvalue weighted by atomic mass is 9.96. The van der Waals surface area contributed by atoms with Gasteiger partial charge >= 0.3 is 11.9 Å². The number of fused-ring (bicyclic) bond motifs is 1. The van der Waals surface area contributed by atoms with Gasteiger partial charge in [0.1, 0.15) is 11.6 Å². The molecule has 0 aliphatic carbocycles. The fourth-order valence-corrected chi connectivity index (χ4v) is 4.76. The number of carboxylic acid groups (broad SMARTS) is 1. The number of carbonyl (C=O) groups is 2. The Balaban J connectivity index is 1.81. The van der Waals surface area contributed by atoms with Crippen molar-refractivity contribution < 1.29 is 28.6 Å². The smallest absolute Gasteiger partial charge is 0.341 e. The molecule has 1 N–H and O–H groups in total. The maximum absolute atomic E-state index is 13.6. The summed E-state index contributed by atoms with van der Waals surface area (Å²) in [6.07, 6.45) is 1.68. The summed E-state index contributed by atoms with van der Waals surface area (Å²) in [5.41, 5.74) is 1.53. The van der Waals surface area contributed by atoms with Crippen molar-refractivity contribution in [1.29, 1.82) is 0 Å². The van der Waals surface area contributed by atoms with Crippen LogP contribution < -0.4 is 19.6 Å². The van der Waals surface area contributed by atoms with Crippen LogP contribution >= 0.6 is 11.3 Å². The Morgan fingerprint density at radius 3 is 2.49 bits per heavy atom. The molecule has 0 bridgehead atoms. The minimum absolute atomic E-state index is 0.155. The fourth-order valence-electron chi connectivity index (χ4n) is 3.71. The second kappa shape index (κ2) is 10.1. The Bertz CT molecular complexity index is 1490. The number of ether oxygens (including phenoxy) is 2. The van der Waals surface area contributed by atoms with Crippen LogP contribution in [0.3, 0.4) is 0 Å². The van der Waals surface area contributed by atoms with Crippen molar-refractivity contribution in [2.24, 2.45) is 4.99 Å². The van der Waals surface area contributed by atoms with E-state index in [1.807, 2.05) is 0 Å². The predicted octanol–water partition coefficient (Wildman–Crippen LogP) is 2.40. The molecule has 3 aromatic rings. The highest BCUT2D eigenvalue weighted by atomic mass is 32.1. The highest BCUT2D eigenvalue weighted by molar-refractivity contribution is 7.07. The van der Waals surface area contributed by atoms with E-state index in [0.29, 0.717) is 31.9 Å². The van der Waals surface area contributed by atoms with Gasteiger partial charge in [-0.25, -0.2) is 19.0 Å². The van der Waals surface area contributed by atoms with Gasteiger partial charge in [-0.15, -0.1) is 0 Å². The molecule has 1 atom stereocenters. The Hall–Kier alpha value is -4.05. The zero-order valence-electron chi connectivity index (χ0n) is 18.9. The van der Waals surface area contributed by atoms with E-state index < -0.39 is 30.4 Å². The first-order valence-electron chi connectivity index (χ1n) is 10.7. The molecule has 0 saturated heterocycles. The van der Waals surface area contributed by atoms with Crippen molar-refractivity contribution in [1.82, 2.24) is 4.57 Å². The quantitative estimate of drug-likeness (QED) is 0.504. The van der Waals surface area contributed by atoms with Crippen LogP contribution in [0.2, 0.25) is 0 Å². The van der Waals surface area contributed by atoms with Gasteiger partial charge in [0, 0.05) is 0 Å². The molecule has 8 nitrogen and oxygen atoms in total. The van der Waals surface area contributed by atoms with Gasteiger partial charge < -0.3 is 14.6 Å². The van der Waals surface area contributed by atoms with E-state index in [2.05, 4.69) is 4.99 Å². The van der Waals surface area contributed by atoms with Gasteiger partial charge in [-0.3, -0.25) is 9.36 Å². The lowest BCUT2D eigenvalue weighted by Crippen LogP contribution is -2.39. The zero-order chi connectivity index (χ0) is 25.1. The highest BCUT2D eigenvalue weighted by Crippen LogP contribution is 2.30. The van der Waals surface area contributed by atoms with Crippen LogP contribution in [0.1, 0.15) is 31.0 Å². The molecule has 1 aliphatic rings. The SMILES string of the molecule is CCOC(=O)C1=C(C)N=c2s/c(=C/c3ccc(OCC(=O)O)cc3)c(=O)n2[C@@H]1c1ccc(F)cc1. The van der Waals surface area contributed by atoms with Gasteiger partial charge in [0.2, 0.25) is 0 Å². The molecular formula is C25H21FN2O6S. The summed E-state index contributed by atoms with van der Waals surface area (Å²) >= 11 is 1.17. The number of nitrogens with zero attached hydrogens (tertiary/aromatic N) is 2. The topological polar surface area (TPSA) is 107 Å². The van der Waals surface area contributed by atoms with Crippen LogP contribution in [0, 0.1) is 5.82 Å². The molecule has 10 heteroatoms. The van der Waals surface area contributed by atoms with E-state index in [9.17, 15) is 18.8 Å².